The average molecular weight is 849 g/mol. The van der Waals surface area contributed by atoms with Gasteiger partial charge < -0.3 is 13.7 Å². The summed E-state index contributed by atoms with van der Waals surface area (Å²) in [4.78, 5) is 4.77. The molecule has 0 fully saturated rings. The monoisotopic (exact) mass is 848 g/mol. The van der Waals surface area contributed by atoms with Gasteiger partial charge in [0.1, 0.15) is 0 Å². The number of nitrogens with zero attached hydrogens (tertiary/aromatic N) is 4. The third-order valence-electron chi connectivity index (χ3n) is 13.4. The van der Waals surface area contributed by atoms with Crippen LogP contribution in [0.3, 0.4) is 0 Å². The van der Waals surface area contributed by atoms with Crippen LogP contribution in [0.1, 0.15) is 42.8 Å². The minimum absolute atomic E-state index is 0.839. The molecule has 4 heteroatoms. The van der Waals surface area contributed by atoms with E-state index in [1.54, 1.807) is 0 Å². The molecule has 0 saturated heterocycles. The van der Waals surface area contributed by atoms with Gasteiger partial charge in [0.2, 0.25) is 0 Å². The van der Waals surface area contributed by atoms with Gasteiger partial charge in [0.05, 0.1) is 27.8 Å². The lowest BCUT2D eigenvalue weighted by atomic mass is 9.98. The van der Waals surface area contributed by atoms with Crippen LogP contribution in [0.2, 0.25) is 0 Å². The van der Waals surface area contributed by atoms with E-state index >= 15 is 0 Å². The Kier molecular flexibility index (Phi) is 9.61. The second kappa shape index (κ2) is 16.1. The topological polar surface area (TPSA) is 27.7 Å². The Morgan fingerprint density at radius 2 is 1.05 bits per heavy atom. The van der Waals surface area contributed by atoms with Gasteiger partial charge in [-0.2, -0.15) is 0 Å². The van der Waals surface area contributed by atoms with Gasteiger partial charge in [0.25, 0.3) is 0 Å². The molecule has 66 heavy (non-hydrogen) atoms. The zero-order valence-corrected chi connectivity index (χ0v) is 37.2. The Labute approximate surface area is 385 Å². The molecule has 0 spiro atoms. The normalized spacial score (nSPS) is 12.6. The van der Waals surface area contributed by atoms with Crippen LogP contribution in [-0.4, -0.2) is 18.7 Å². The van der Waals surface area contributed by atoms with E-state index in [1.807, 2.05) is 12.4 Å². The molecular weight excluding hydrogens is 801 g/mol. The molecule has 316 valence electrons. The molecule has 4 heterocycles. The van der Waals surface area contributed by atoms with Crippen molar-refractivity contribution in [1.29, 1.82) is 0 Å². The summed E-state index contributed by atoms with van der Waals surface area (Å²) in [5, 5.41) is 5.07. The molecule has 12 rings (SSSR count). The third kappa shape index (κ3) is 6.56. The number of hydrogen-bond donors (Lipinski definition) is 0. The van der Waals surface area contributed by atoms with Crippen molar-refractivity contribution < 1.29 is 0 Å². The molecule has 4 nitrogen and oxygen atoms in total. The van der Waals surface area contributed by atoms with E-state index < -0.39 is 0 Å². The molecule has 0 amide bonds. The molecule has 1 aliphatic carbocycles. The van der Waals surface area contributed by atoms with Crippen LogP contribution in [0.5, 0.6) is 0 Å². The van der Waals surface area contributed by atoms with Gasteiger partial charge in [-0.15, -0.1) is 0 Å². The SMILES string of the molecule is C=C(C)Cc1c(/C=C\C)n(-c2ccc(-c3cncc(-c4ccc(-c5cc(-n6c7c(c8ccccc86)C=CCC7)cc(-n6c7ccccc7c7ccccc76)c5)cc4)c3)cc2)c2ccccc12. The quantitative estimate of drug-likeness (QED) is 0.133. The van der Waals surface area contributed by atoms with Crippen LogP contribution in [0.4, 0.5) is 0 Å². The molecule has 0 atom stereocenters. The second-order valence-electron chi connectivity index (χ2n) is 17.7. The van der Waals surface area contributed by atoms with E-state index in [9.17, 15) is 0 Å². The van der Waals surface area contributed by atoms with Crippen LogP contribution in [0, 0.1) is 0 Å². The lowest BCUT2D eigenvalue weighted by Crippen LogP contribution is -2.05. The van der Waals surface area contributed by atoms with Gasteiger partial charge in [0, 0.05) is 73.4 Å². The molecule has 4 aromatic heterocycles. The summed E-state index contributed by atoms with van der Waals surface area (Å²) in [6.07, 6.45) is 15.8. The van der Waals surface area contributed by atoms with E-state index in [2.05, 4.69) is 228 Å². The number of aromatic nitrogens is 4. The average Bonchev–Trinajstić information content (AvgIpc) is 3.99. The van der Waals surface area contributed by atoms with Crippen LogP contribution in [0.15, 0.2) is 207 Å². The van der Waals surface area contributed by atoms with Gasteiger partial charge >= 0.3 is 0 Å². The highest BCUT2D eigenvalue weighted by Crippen LogP contribution is 2.40. The van der Waals surface area contributed by atoms with Crippen LogP contribution >= 0.6 is 0 Å². The first-order valence-corrected chi connectivity index (χ1v) is 23.0. The lowest BCUT2D eigenvalue weighted by Gasteiger charge is -2.18. The molecule has 1 aliphatic rings. The molecule has 0 aliphatic heterocycles. The summed E-state index contributed by atoms with van der Waals surface area (Å²) in [5.41, 5.74) is 21.4. The Morgan fingerprint density at radius 1 is 0.530 bits per heavy atom. The first-order valence-electron chi connectivity index (χ1n) is 23.0. The summed E-state index contributed by atoms with van der Waals surface area (Å²) in [7, 11) is 0. The van der Waals surface area contributed by atoms with Crippen molar-refractivity contribution in [3.8, 4) is 50.4 Å². The Hall–Kier alpha value is -8.21. The van der Waals surface area contributed by atoms with Crippen molar-refractivity contribution in [3.63, 3.8) is 0 Å². The van der Waals surface area contributed by atoms with E-state index in [1.165, 1.54) is 77.4 Å². The number of benzene rings is 7. The van der Waals surface area contributed by atoms with Crippen molar-refractivity contribution >= 4 is 55.8 Å². The fourth-order valence-corrected chi connectivity index (χ4v) is 10.5. The van der Waals surface area contributed by atoms with Gasteiger partial charge in [-0.25, -0.2) is 0 Å². The standard InChI is InChI=1S/C62H48N4/c1-4-15-57-56(34-41(2)3)55-20-9-14-25-62(55)64(57)48-32-30-44(31-33-48)47-35-46(39-63-40-47)43-28-26-42(27-29-43)45-36-49(65-58-21-10-5-16-51(58)52-17-6-11-22-59(52)65)38-50(37-45)66-60-23-12-7-18-53(60)54-19-8-13-24-61(54)66/h4-12,14-23,25-33,35-40H,2,13,24,34H2,1,3H3/b15-4-. The number of hydrogen-bond acceptors (Lipinski definition) is 1. The van der Waals surface area contributed by atoms with Crippen molar-refractivity contribution in [1.82, 2.24) is 18.7 Å². The van der Waals surface area contributed by atoms with Crippen molar-refractivity contribution in [3.05, 3.63) is 229 Å². The molecule has 0 saturated carbocycles. The number of para-hydroxylation sites is 4. The largest absolute Gasteiger partial charge is 0.313 e. The maximum absolute atomic E-state index is 4.77. The van der Waals surface area contributed by atoms with E-state index in [-0.39, 0.29) is 0 Å². The zero-order valence-electron chi connectivity index (χ0n) is 37.2. The number of pyridine rings is 1. The van der Waals surface area contributed by atoms with Crippen LogP contribution in [0.25, 0.3) is 106 Å². The molecule has 11 aromatic rings. The van der Waals surface area contributed by atoms with Gasteiger partial charge in [-0.05, 0) is 128 Å². The predicted molar refractivity (Wildman–Crippen MR) is 279 cm³/mol. The Balaban J connectivity index is 0.931. The minimum Gasteiger partial charge on any atom is -0.313 e. The van der Waals surface area contributed by atoms with Gasteiger partial charge in [-0.1, -0.05) is 140 Å². The van der Waals surface area contributed by atoms with Gasteiger partial charge in [0.15, 0.2) is 0 Å². The van der Waals surface area contributed by atoms with E-state index in [0.29, 0.717) is 0 Å². The highest BCUT2D eigenvalue weighted by Gasteiger charge is 2.21. The number of rotatable bonds is 9. The van der Waals surface area contributed by atoms with Crippen LogP contribution < -0.4 is 0 Å². The maximum atomic E-state index is 4.77. The lowest BCUT2D eigenvalue weighted by molar-refractivity contribution is 0.888. The molecule has 0 radical (unpaired) electrons. The number of fused-ring (bicyclic) bond motifs is 7. The van der Waals surface area contributed by atoms with E-state index in [0.717, 1.165) is 64.0 Å². The van der Waals surface area contributed by atoms with Crippen LogP contribution in [-0.2, 0) is 12.8 Å². The first-order chi connectivity index (χ1) is 32.5. The predicted octanol–water partition coefficient (Wildman–Crippen LogP) is 16.2. The molecule has 0 N–H and O–H groups in total. The minimum atomic E-state index is 0.839. The highest BCUT2D eigenvalue weighted by molar-refractivity contribution is 6.09. The summed E-state index contributed by atoms with van der Waals surface area (Å²) in [6.45, 7) is 8.44. The second-order valence-corrected chi connectivity index (χ2v) is 17.7. The first kappa shape index (κ1) is 39.4. The van der Waals surface area contributed by atoms with Crippen molar-refractivity contribution in [2.75, 3.05) is 0 Å². The summed E-state index contributed by atoms with van der Waals surface area (Å²) >= 11 is 0. The fraction of sp³-hybridized carbons (Fsp3) is 0.0806. The van der Waals surface area contributed by atoms with Crippen molar-refractivity contribution in [2.24, 2.45) is 0 Å². The molecule has 0 bridgehead atoms. The highest BCUT2D eigenvalue weighted by atomic mass is 15.0. The Morgan fingerprint density at radius 3 is 1.65 bits per heavy atom. The molecule has 7 aromatic carbocycles. The van der Waals surface area contributed by atoms with Gasteiger partial charge in [-0.3, -0.25) is 4.98 Å². The summed E-state index contributed by atoms with van der Waals surface area (Å²) < 4.78 is 7.33. The number of allylic oxidation sites excluding steroid dienone is 3. The fourth-order valence-electron chi connectivity index (χ4n) is 10.5. The maximum Gasteiger partial charge on any atom is 0.0541 e. The summed E-state index contributed by atoms with van der Waals surface area (Å²) in [6, 6.07) is 62.4. The summed E-state index contributed by atoms with van der Waals surface area (Å²) in [5.74, 6) is 0. The third-order valence-corrected chi connectivity index (χ3v) is 13.4. The molecule has 0 unspecified atom stereocenters. The van der Waals surface area contributed by atoms with Crippen molar-refractivity contribution in [2.45, 2.75) is 33.1 Å². The molecular formula is C62H48N4. The van der Waals surface area contributed by atoms with E-state index in [4.69, 9.17) is 4.98 Å². The smallest absolute Gasteiger partial charge is 0.0541 e. The Bertz CT molecular complexity index is 3700. The zero-order chi connectivity index (χ0) is 44.3.